The molecule has 25 heavy (non-hydrogen) atoms. The molecule has 0 bridgehead atoms. The Balaban J connectivity index is 1.68. The van der Waals surface area contributed by atoms with Crippen LogP contribution >= 0.6 is 0 Å². The van der Waals surface area contributed by atoms with E-state index < -0.39 is 18.4 Å². The van der Waals surface area contributed by atoms with Crippen LogP contribution in [-0.4, -0.2) is 28.7 Å². The van der Waals surface area contributed by atoms with Crippen molar-refractivity contribution < 1.29 is 27.9 Å². The van der Waals surface area contributed by atoms with E-state index in [4.69, 9.17) is 0 Å². The van der Waals surface area contributed by atoms with Gasteiger partial charge in [0.2, 0.25) is 0 Å². The molecular formula is C17H13F3N2O3. The molecule has 3 rings (SSSR count). The molecule has 130 valence electrons. The molecule has 5 nitrogen and oxygen atoms in total. The summed E-state index contributed by atoms with van der Waals surface area (Å²) in [5, 5.41) is 15.4. The van der Waals surface area contributed by atoms with Gasteiger partial charge in [0.25, 0.3) is 5.91 Å². The maximum atomic E-state index is 12.7. The van der Waals surface area contributed by atoms with Gasteiger partial charge in [-0.2, -0.15) is 13.2 Å². The van der Waals surface area contributed by atoms with E-state index >= 15 is 0 Å². The minimum absolute atomic E-state index is 0.0271. The van der Waals surface area contributed by atoms with Gasteiger partial charge in [0, 0.05) is 11.3 Å². The average Bonchev–Trinajstić information content (AvgIpc) is 3.00. The van der Waals surface area contributed by atoms with Crippen LogP contribution in [0, 0.1) is 0 Å². The van der Waals surface area contributed by atoms with Crippen LogP contribution in [0.15, 0.2) is 59.8 Å². The van der Waals surface area contributed by atoms with Gasteiger partial charge in [-0.25, -0.2) is 0 Å². The van der Waals surface area contributed by atoms with Gasteiger partial charge in [0.15, 0.2) is 0 Å². The van der Waals surface area contributed by atoms with Crippen LogP contribution in [0.5, 0.6) is 0 Å². The Bertz CT molecular complexity index is 804. The summed E-state index contributed by atoms with van der Waals surface area (Å²) in [6.45, 7) is 0. The predicted molar refractivity (Wildman–Crippen MR) is 84.1 cm³/mol. The summed E-state index contributed by atoms with van der Waals surface area (Å²) in [5.41, 5.74) is 1.29. The molecule has 1 atom stereocenters. The fraction of sp³-hybridized carbons (Fsp3) is 0.176. The molecule has 8 heteroatoms. The molecule has 0 fully saturated rings. The molecule has 2 aromatic rings. The molecule has 0 spiro atoms. The molecule has 0 saturated heterocycles. The van der Waals surface area contributed by atoms with Gasteiger partial charge >= 0.3 is 12.0 Å². The van der Waals surface area contributed by atoms with Crippen molar-refractivity contribution in [2.75, 3.05) is 5.32 Å². The first kappa shape index (κ1) is 17.0. The summed E-state index contributed by atoms with van der Waals surface area (Å²) in [6, 6.07) is 14.6. The zero-order chi connectivity index (χ0) is 18.1. The Hall–Kier alpha value is -2.87. The SMILES string of the molecule is O=C(Nc1ccc(C2=NOC(O)(C(F)(F)F)C2)cc1)c1ccccc1. The Morgan fingerprint density at radius 2 is 1.76 bits per heavy atom. The lowest BCUT2D eigenvalue weighted by atomic mass is 10.0. The van der Waals surface area contributed by atoms with Crippen molar-refractivity contribution in [3.8, 4) is 0 Å². The lowest BCUT2D eigenvalue weighted by Crippen LogP contribution is -2.45. The molecule has 1 aliphatic rings. The molecule has 1 heterocycles. The zero-order valence-electron chi connectivity index (χ0n) is 12.7. The minimum atomic E-state index is -4.94. The van der Waals surface area contributed by atoms with Crippen molar-refractivity contribution in [3.63, 3.8) is 0 Å². The maximum absolute atomic E-state index is 12.7. The van der Waals surface area contributed by atoms with E-state index in [1.165, 1.54) is 24.3 Å². The van der Waals surface area contributed by atoms with Crippen molar-refractivity contribution in [1.82, 2.24) is 0 Å². The molecule has 2 N–H and O–H groups in total. The van der Waals surface area contributed by atoms with Gasteiger partial charge in [0.1, 0.15) is 0 Å². The van der Waals surface area contributed by atoms with E-state index in [1.54, 1.807) is 30.3 Å². The highest BCUT2D eigenvalue weighted by Crippen LogP contribution is 2.38. The van der Waals surface area contributed by atoms with E-state index in [2.05, 4.69) is 15.3 Å². The van der Waals surface area contributed by atoms with Crippen molar-refractivity contribution in [3.05, 3.63) is 65.7 Å². The van der Waals surface area contributed by atoms with E-state index in [-0.39, 0.29) is 11.6 Å². The number of hydrogen-bond donors (Lipinski definition) is 2. The highest BCUT2D eigenvalue weighted by atomic mass is 19.4. The van der Waals surface area contributed by atoms with Crippen molar-refractivity contribution >= 4 is 17.3 Å². The normalized spacial score (nSPS) is 19.9. The van der Waals surface area contributed by atoms with Gasteiger partial charge in [-0.15, -0.1) is 0 Å². The average molecular weight is 350 g/mol. The van der Waals surface area contributed by atoms with Gasteiger partial charge in [0.05, 0.1) is 12.1 Å². The van der Waals surface area contributed by atoms with Crippen molar-refractivity contribution in [2.24, 2.45) is 5.16 Å². The summed E-state index contributed by atoms with van der Waals surface area (Å²) in [5.74, 6) is -3.61. The number of halogens is 3. The number of carbonyl (C=O) groups excluding carboxylic acids is 1. The van der Waals surface area contributed by atoms with Gasteiger partial charge < -0.3 is 15.3 Å². The topological polar surface area (TPSA) is 70.9 Å². The van der Waals surface area contributed by atoms with Crippen LogP contribution in [0.2, 0.25) is 0 Å². The standard InChI is InChI=1S/C17H13F3N2O3/c18-17(19,20)16(24)10-14(22-25-16)11-6-8-13(9-7-11)21-15(23)12-4-2-1-3-5-12/h1-9,24H,10H2,(H,21,23). The molecule has 0 aromatic heterocycles. The van der Waals surface area contributed by atoms with Gasteiger partial charge in [-0.3, -0.25) is 4.79 Å². The Labute approximate surface area is 140 Å². The van der Waals surface area contributed by atoms with E-state index in [9.17, 15) is 23.1 Å². The minimum Gasteiger partial charge on any atom is -0.350 e. The summed E-state index contributed by atoms with van der Waals surface area (Å²) >= 11 is 0. The number of oxime groups is 1. The van der Waals surface area contributed by atoms with Crippen LogP contribution in [0.1, 0.15) is 22.3 Å². The molecule has 1 unspecified atom stereocenters. The third-order valence-corrected chi connectivity index (χ3v) is 3.67. The van der Waals surface area contributed by atoms with Crippen LogP contribution in [-0.2, 0) is 4.84 Å². The molecule has 0 aliphatic carbocycles. The molecular weight excluding hydrogens is 337 g/mol. The first-order valence-electron chi connectivity index (χ1n) is 7.29. The molecule has 1 amide bonds. The van der Waals surface area contributed by atoms with Crippen LogP contribution < -0.4 is 5.32 Å². The Kier molecular flexibility index (Phi) is 4.22. The first-order valence-corrected chi connectivity index (χ1v) is 7.29. The zero-order valence-corrected chi connectivity index (χ0v) is 12.7. The number of nitrogens with zero attached hydrogens (tertiary/aromatic N) is 1. The lowest BCUT2D eigenvalue weighted by molar-refractivity contribution is -0.355. The van der Waals surface area contributed by atoms with Crippen LogP contribution in [0.4, 0.5) is 18.9 Å². The second-order valence-corrected chi connectivity index (χ2v) is 5.49. The van der Waals surface area contributed by atoms with E-state index in [1.807, 2.05) is 0 Å². The van der Waals surface area contributed by atoms with Gasteiger partial charge in [-0.1, -0.05) is 35.5 Å². The lowest BCUT2D eigenvalue weighted by Gasteiger charge is -2.22. The van der Waals surface area contributed by atoms with Crippen molar-refractivity contribution in [2.45, 2.75) is 18.4 Å². The fourth-order valence-electron chi connectivity index (χ4n) is 2.27. The Morgan fingerprint density at radius 1 is 1.12 bits per heavy atom. The second-order valence-electron chi connectivity index (χ2n) is 5.49. The summed E-state index contributed by atoms with van der Waals surface area (Å²) in [6.07, 6.45) is -5.74. The largest absolute Gasteiger partial charge is 0.458 e. The number of aliphatic hydroxyl groups is 1. The molecule has 1 aliphatic heterocycles. The molecule has 0 saturated carbocycles. The van der Waals surface area contributed by atoms with Gasteiger partial charge in [-0.05, 0) is 29.8 Å². The van der Waals surface area contributed by atoms with E-state index in [0.29, 0.717) is 16.8 Å². The quantitative estimate of drug-likeness (QED) is 0.892. The smallest absolute Gasteiger partial charge is 0.350 e. The Morgan fingerprint density at radius 3 is 2.32 bits per heavy atom. The van der Waals surface area contributed by atoms with E-state index in [0.717, 1.165) is 0 Å². The fourth-order valence-corrected chi connectivity index (χ4v) is 2.27. The number of carbonyl (C=O) groups is 1. The first-order chi connectivity index (χ1) is 11.8. The third kappa shape index (κ3) is 3.48. The summed E-state index contributed by atoms with van der Waals surface area (Å²) in [7, 11) is 0. The van der Waals surface area contributed by atoms with Crippen LogP contribution in [0.3, 0.4) is 0 Å². The highest BCUT2D eigenvalue weighted by Gasteiger charge is 2.60. The summed E-state index contributed by atoms with van der Waals surface area (Å²) in [4.78, 5) is 16.2. The number of hydrogen-bond acceptors (Lipinski definition) is 4. The monoisotopic (exact) mass is 350 g/mol. The second kappa shape index (κ2) is 6.21. The highest BCUT2D eigenvalue weighted by molar-refractivity contribution is 6.05. The molecule has 2 aromatic carbocycles. The number of rotatable bonds is 3. The molecule has 0 radical (unpaired) electrons. The number of anilines is 1. The number of alkyl halides is 3. The third-order valence-electron chi connectivity index (χ3n) is 3.67. The van der Waals surface area contributed by atoms with Crippen LogP contribution in [0.25, 0.3) is 0 Å². The number of amides is 1. The predicted octanol–water partition coefficient (Wildman–Crippen LogP) is 3.31. The van der Waals surface area contributed by atoms with Crippen molar-refractivity contribution in [1.29, 1.82) is 0 Å². The maximum Gasteiger partial charge on any atom is 0.458 e. The summed E-state index contributed by atoms with van der Waals surface area (Å²) < 4.78 is 38.1. The number of nitrogens with one attached hydrogen (secondary N) is 1. The number of benzene rings is 2.